The van der Waals surface area contributed by atoms with E-state index in [1.807, 2.05) is 47.4 Å². The number of aliphatic hydroxyl groups is 1. The monoisotopic (exact) mass is 540 g/mol. The van der Waals surface area contributed by atoms with Crippen LogP contribution in [0, 0.1) is 5.92 Å². The molecule has 2 aliphatic rings. The zero-order valence-electron chi connectivity index (χ0n) is 22.8. The largest absolute Gasteiger partial charge is 0.395 e. The lowest BCUT2D eigenvalue weighted by atomic mass is 9.95. The highest BCUT2D eigenvalue weighted by molar-refractivity contribution is 6.72. The fourth-order valence-corrected chi connectivity index (χ4v) is 8.71. The van der Waals surface area contributed by atoms with Crippen LogP contribution in [-0.4, -0.2) is 62.1 Å². The van der Waals surface area contributed by atoms with Gasteiger partial charge in [0, 0.05) is 37.3 Å². The lowest BCUT2D eigenvalue weighted by molar-refractivity contribution is -0.135. The van der Waals surface area contributed by atoms with Crippen LogP contribution in [0.2, 0.25) is 18.6 Å². The molecule has 2 fully saturated rings. The molecule has 2 saturated heterocycles. The molecular weight excluding hydrogens is 499 g/mol. The number of carbonyl (C=O) groups excluding carboxylic acids is 2. The van der Waals surface area contributed by atoms with Crippen molar-refractivity contribution in [2.45, 2.75) is 76.4 Å². The molecule has 2 aromatic rings. The summed E-state index contributed by atoms with van der Waals surface area (Å²) in [5.41, 5.74) is 2.81. The molecule has 2 amide bonds. The average Bonchev–Trinajstić information content (AvgIpc) is 3.45. The number of hydrogen-bond acceptors (Lipinski definition) is 4. The van der Waals surface area contributed by atoms with Gasteiger partial charge in [-0.3, -0.25) is 9.59 Å². The van der Waals surface area contributed by atoms with Crippen LogP contribution in [0.25, 0.3) is 0 Å². The zero-order valence-corrected chi connectivity index (χ0v) is 23.8. The minimum absolute atomic E-state index is 0.0152. The van der Waals surface area contributed by atoms with Gasteiger partial charge in [-0.1, -0.05) is 49.4 Å². The predicted molar refractivity (Wildman–Crippen MR) is 150 cm³/mol. The second-order valence-corrected chi connectivity index (χ2v) is 15.0. The van der Waals surface area contributed by atoms with E-state index in [0.717, 1.165) is 42.6 Å². The van der Waals surface area contributed by atoms with Crippen molar-refractivity contribution < 1.29 is 23.5 Å². The Hall–Kier alpha value is -2.55. The van der Waals surface area contributed by atoms with Gasteiger partial charge in [-0.2, -0.15) is 0 Å². The van der Waals surface area contributed by atoms with Crippen LogP contribution in [0.4, 0.5) is 9.80 Å². The van der Waals surface area contributed by atoms with Crippen molar-refractivity contribution in [3.8, 4) is 0 Å². The van der Waals surface area contributed by atoms with Crippen LogP contribution in [0.1, 0.15) is 43.7 Å². The maximum absolute atomic E-state index is 15.6. The molecule has 0 spiro atoms. The minimum atomic E-state index is -3.11. The number of carbonyl (C=O) groups is 2. The summed E-state index contributed by atoms with van der Waals surface area (Å²) in [5.74, 6) is 0.0781. The van der Waals surface area contributed by atoms with Gasteiger partial charge in [-0.05, 0) is 61.5 Å². The SMILES string of the molecule is C[C@H]1[C@H]([Si](C)(C)F)[C@@H](CC(=O)N(CCO)Cc2ccccc2)O[C@H]1CCc1ccc(N2CCCC2=O)cc1. The molecule has 1 N–H and O–H groups in total. The first kappa shape index (κ1) is 28.5. The molecule has 2 aliphatic heterocycles. The Morgan fingerprint density at radius 3 is 2.42 bits per heavy atom. The Morgan fingerprint density at radius 2 is 1.82 bits per heavy atom. The van der Waals surface area contributed by atoms with Crippen molar-refractivity contribution in [2.24, 2.45) is 5.92 Å². The van der Waals surface area contributed by atoms with Gasteiger partial charge in [0.15, 0.2) is 0 Å². The fourth-order valence-electron chi connectivity index (χ4n) is 6.17. The van der Waals surface area contributed by atoms with Crippen molar-refractivity contribution in [3.63, 3.8) is 0 Å². The van der Waals surface area contributed by atoms with Gasteiger partial charge >= 0.3 is 0 Å². The van der Waals surface area contributed by atoms with Crippen LogP contribution in [0.5, 0.6) is 0 Å². The van der Waals surface area contributed by atoms with Gasteiger partial charge in [0.05, 0.1) is 25.2 Å². The molecule has 4 rings (SSSR count). The van der Waals surface area contributed by atoms with Gasteiger partial charge < -0.3 is 23.8 Å². The van der Waals surface area contributed by atoms with E-state index in [1.54, 1.807) is 18.0 Å². The highest BCUT2D eigenvalue weighted by Crippen LogP contribution is 2.47. The number of aliphatic hydroxyl groups excluding tert-OH is 1. The number of halogens is 1. The van der Waals surface area contributed by atoms with E-state index in [-0.39, 0.29) is 48.9 Å². The van der Waals surface area contributed by atoms with Gasteiger partial charge in [0.1, 0.15) is 0 Å². The first-order valence-electron chi connectivity index (χ1n) is 13.8. The number of rotatable bonds is 11. The van der Waals surface area contributed by atoms with Crippen LogP contribution >= 0.6 is 0 Å². The Morgan fingerprint density at radius 1 is 1.11 bits per heavy atom. The van der Waals surface area contributed by atoms with Crippen molar-refractivity contribution in [2.75, 3.05) is 24.6 Å². The van der Waals surface area contributed by atoms with E-state index in [9.17, 15) is 14.7 Å². The van der Waals surface area contributed by atoms with Crippen molar-refractivity contribution in [1.29, 1.82) is 0 Å². The highest BCUT2D eigenvalue weighted by Gasteiger charge is 2.51. The Balaban J connectivity index is 1.39. The Bertz CT molecular complexity index is 1080. The number of ether oxygens (including phenoxy) is 1. The molecule has 4 atom stereocenters. The quantitative estimate of drug-likeness (QED) is 0.318. The zero-order chi connectivity index (χ0) is 27.3. The molecule has 38 heavy (non-hydrogen) atoms. The summed E-state index contributed by atoms with van der Waals surface area (Å²) in [6, 6.07) is 17.8. The van der Waals surface area contributed by atoms with E-state index in [1.165, 1.54) is 0 Å². The van der Waals surface area contributed by atoms with Crippen LogP contribution < -0.4 is 4.90 Å². The topological polar surface area (TPSA) is 70.1 Å². The number of benzene rings is 2. The molecule has 8 heteroatoms. The number of aryl methyl sites for hydroxylation is 1. The molecule has 206 valence electrons. The summed E-state index contributed by atoms with van der Waals surface area (Å²) < 4.78 is 22.0. The molecular formula is C30H41FN2O4Si. The number of anilines is 1. The van der Waals surface area contributed by atoms with E-state index in [2.05, 4.69) is 19.1 Å². The highest BCUT2D eigenvalue weighted by atomic mass is 28.4. The first-order chi connectivity index (χ1) is 18.2. The van der Waals surface area contributed by atoms with E-state index in [0.29, 0.717) is 13.0 Å². The first-order valence-corrected chi connectivity index (χ1v) is 16.8. The predicted octanol–water partition coefficient (Wildman–Crippen LogP) is 5.11. The van der Waals surface area contributed by atoms with Crippen molar-refractivity contribution in [3.05, 3.63) is 65.7 Å². The molecule has 2 heterocycles. The number of hydrogen-bond donors (Lipinski definition) is 1. The van der Waals surface area contributed by atoms with Crippen LogP contribution in [0.3, 0.4) is 0 Å². The Kier molecular flexibility index (Phi) is 9.39. The Labute approximate surface area is 227 Å². The lowest BCUT2D eigenvalue weighted by Crippen LogP contribution is -2.40. The maximum Gasteiger partial charge on any atom is 0.246 e. The molecule has 0 unspecified atom stereocenters. The summed E-state index contributed by atoms with van der Waals surface area (Å²) in [6.07, 6.45) is 2.59. The van der Waals surface area contributed by atoms with Gasteiger partial charge in [0.25, 0.3) is 0 Å². The van der Waals surface area contributed by atoms with Crippen molar-refractivity contribution in [1.82, 2.24) is 4.90 Å². The minimum Gasteiger partial charge on any atom is -0.395 e. The molecule has 2 aromatic carbocycles. The van der Waals surface area contributed by atoms with E-state index in [4.69, 9.17) is 4.74 Å². The summed E-state index contributed by atoms with van der Waals surface area (Å²) >= 11 is 0. The molecule has 0 saturated carbocycles. The summed E-state index contributed by atoms with van der Waals surface area (Å²) in [7, 11) is -3.11. The third-order valence-corrected chi connectivity index (χ3v) is 10.5. The van der Waals surface area contributed by atoms with Gasteiger partial charge in [-0.25, -0.2) is 0 Å². The van der Waals surface area contributed by atoms with Crippen LogP contribution in [0.15, 0.2) is 54.6 Å². The van der Waals surface area contributed by atoms with Gasteiger partial charge in [-0.15, -0.1) is 0 Å². The normalized spacial score (nSPS) is 23.7. The second kappa shape index (κ2) is 12.5. The molecule has 0 radical (unpaired) electrons. The van der Waals surface area contributed by atoms with E-state index < -0.39 is 14.5 Å². The summed E-state index contributed by atoms with van der Waals surface area (Å²) in [6.45, 7) is 6.78. The molecule has 0 bridgehead atoms. The standard InChI is InChI=1S/C30H41FN2O4Si/c1-22-26(16-13-23-11-14-25(15-12-23)33-17-7-10-28(33)35)37-27(30(22)38(2,3)31)20-29(36)32(18-19-34)21-24-8-5-4-6-9-24/h4-6,8-9,11-12,14-15,22,26-27,30,34H,7,10,13,16-21H2,1-3H3/t22-,26+,27-,30+/m1/s1. The van der Waals surface area contributed by atoms with Gasteiger partial charge in [0.2, 0.25) is 20.2 Å². The van der Waals surface area contributed by atoms with Crippen molar-refractivity contribution >= 4 is 25.9 Å². The average molecular weight is 541 g/mol. The molecule has 0 aliphatic carbocycles. The number of nitrogens with zero attached hydrogens (tertiary/aromatic N) is 2. The van der Waals surface area contributed by atoms with Crippen LogP contribution in [-0.2, 0) is 27.3 Å². The third-order valence-electron chi connectivity index (χ3n) is 8.05. The number of amides is 2. The second-order valence-electron chi connectivity index (χ2n) is 11.2. The molecule has 6 nitrogen and oxygen atoms in total. The smallest absolute Gasteiger partial charge is 0.246 e. The maximum atomic E-state index is 15.6. The third kappa shape index (κ3) is 6.90. The van der Waals surface area contributed by atoms with E-state index >= 15 is 4.11 Å². The molecule has 0 aromatic heterocycles. The summed E-state index contributed by atoms with van der Waals surface area (Å²) in [5, 5.41) is 9.56. The fraction of sp³-hybridized carbons (Fsp3) is 0.533. The summed E-state index contributed by atoms with van der Waals surface area (Å²) in [4.78, 5) is 28.8. The lowest BCUT2D eigenvalue weighted by Gasteiger charge is -2.30.